The molecule has 0 aliphatic carbocycles. The van der Waals surface area contributed by atoms with Gasteiger partial charge in [0.25, 0.3) is 11.5 Å². The van der Waals surface area contributed by atoms with E-state index in [0.29, 0.717) is 36.5 Å². The average molecular weight is 505 g/mol. The van der Waals surface area contributed by atoms with Crippen LogP contribution >= 0.6 is 0 Å². The highest BCUT2D eigenvalue weighted by molar-refractivity contribution is 5.98. The fourth-order valence-corrected chi connectivity index (χ4v) is 4.13. The van der Waals surface area contributed by atoms with Gasteiger partial charge in [-0.05, 0) is 47.4 Å². The number of aryl methyl sites for hydroxylation is 1. The maximum absolute atomic E-state index is 12.8. The number of hydrogen-bond acceptors (Lipinski definition) is 5. The summed E-state index contributed by atoms with van der Waals surface area (Å²) in [5.74, 6) is 0.309. The maximum atomic E-state index is 12.8. The summed E-state index contributed by atoms with van der Waals surface area (Å²) in [6.07, 6.45) is 3.76. The molecule has 1 amide bonds. The number of nitriles is 1. The molecule has 0 aliphatic rings. The summed E-state index contributed by atoms with van der Waals surface area (Å²) in [6, 6.07) is 22.1. The Hall–Kier alpha value is -5.03. The molecule has 4 aromatic rings. The van der Waals surface area contributed by atoms with Crippen molar-refractivity contribution in [3.05, 3.63) is 134 Å². The third-order valence-corrected chi connectivity index (χ3v) is 6.21. The van der Waals surface area contributed by atoms with E-state index >= 15 is 0 Å². The van der Waals surface area contributed by atoms with Crippen LogP contribution in [0.3, 0.4) is 0 Å². The molecule has 0 saturated carbocycles. The molecular weight excluding hydrogens is 476 g/mol. The quantitative estimate of drug-likeness (QED) is 0.281. The molecule has 2 aromatic heterocycles. The van der Waals surface area contributed by atoms with E-state index in [-0.39, 0.29) is 11.5 Å². The van der Waals surface area contributed by atoms with E-state index in [1.165, 1.54) is 16.7 Å². The topological polar surface area (TPSA) is 126 Å². The number of amidine groups is 1. The van der Waals surface area contributed by atoms with Crippen LogP contribution in [0.5, 0.6) is 0 Å². The van der Waals surface area contributed by atoms with Crippen molar-refractivity contribution < 1.29 is 4.79 Å². The highest BCUT2D eigenvalue weighted by Crippen LogP contribution is 2.14. The molecule has 4 rings (SSSR count). The van der Waals surface area contributed by atoms with Crippen molar-refractivity contribution in [2.75, 3.05) is 7.05 Å². The summed E-state index contributed by atoms with van der Waals surface area (Å²) in [7, 11) is 1.66. The van der Waals surface area contributed by atoms with Crippen LogP contribution in [0.2, 0.25) is 0 Å². The van der Waals surface area contributed by atoms with Gasteiger partial charge >= 0.3 is 0 Å². The third-order valence-electron chi connectivity index (χ3n) is 6.21. The van der Waals surface area contributed by atoms with Gasteiger partial charge in [-0.25, -0.2) is 0 Å². The summed E-state index contributed by atoms with van der Waals surface area (Å²) in [5.41, 5.74) is 12.4. The van der Waals surface area contributed by atoms with Crippen LogP contribution in [0, 0.1) is 18.3 Å². The van der Waals surface area contributed by atoms with Crippen molar-refractivity contribution in [1.82, 2.24) is 14.9 Å². The molecule has 0 fully saturated rings. The highest BCUT2D eigenvalue weighted by Gasteiger charge is 2.09. The first-order chi connectivity index (χ1) is 18.4. The third kappa shape index (κ3) is 6.39. The van der Waals surface area contributed by atoms with Crippen molar-refractivity contribution in [2.24, 2.45) is 10.7 Å². The van der Waals surface area contributed by atoms with E-state index in [1.807, 2.05) is 49.4 Å². The smallest absolute Gasteiger partial charge is 0.251 e. The Morgan fingerprint density at radius 3 is 2.50 bits per heavy atom. The van der Waals surface area contributed by atoms with Crippen LogP contribution in [0.1, 0.15) is 49.4 Å². The van der Waals surface area contributed by atoms with Crippen molar-refractivity contribution in [1.29, 1.82) is 5.26 Å². The van der Waals surface area contributed by atoms with Gasteiger partial charge in [0, 0.05) is 55.3 Å². The predicted octanol–water partition coefficient (Wildman–Crippen LogP) is 3.33. The number of rotatable bonds is 8. The first-order valence-electron chi connectivity index (χ1n) is 12.1. The fraction of sp³-hybridized carbons (Fsp3) is 0.167. The summed E-state index contributed by atoms with van der Waals surface area (Å²) in [4.78, 5) is 33.3. The summed E-state index contributed by atoms with van der Waals surface area (Å²) < 4.78 is 1.52. The van der Waals surface area contributed by atoms with Gasteiger partial charge in [0.15, 0.2) is 0 Å². The second-order valence-electron chi connectivity index (χ2n) is 8.97. The number of benzene rings is 2. The molecule has 0 atom stereocenters. The van der Waals surface area contributed by atoms with Gasteiger partial charge in [-0.2, -0.15) is 5.26 Å². The van der Waals surface area contributed by atoms with Gasteiger partial charge in [0.05, 0.1) is 12.1 Å². The minimum absolute atomic E-state index is 0.157. The molecule has 8 nitrogen and oxygen atoms in total. The van der Waals surface area contributed by atoms with E-state index in [0.717, 1.165) is 33.5 Å². The van der Waals surface area contributed by atoms with E-state index in [9.17, 15) is 9.59 Å². The molecule has 0 bridgehead atoms. The second kappa shape index (κ2) is 11.8. The number of pyridine rings is 2. The van der Waals surface area contributed by atoms with Gasteiger partial charge in [0.2, 0.25) is 0 Å². The van der Waals surface area contributed by atoms with Gasteiger partial charge < -0.3 is 15.6 Å². The van der Waals surface area contributed by atoms with E-state index in [2.05, 4.69) is 21.4 Å². The van der Waals surface area contributed by atoms with Gasteiger partial charge in [-0.15, -0.1) is 0 Å². The number of nitrogens with two attached hydrogens (primary N) is 1. The van der Waals surface area contributed by atoms with Crippen LogP contribution in [0.25, 0.3) is 0 Å². The first kappa shape index (κ1) is 26.0. The van der Waals surface area contributed by atoms with Crippen LogP contribution in [0.4, 0.5) is 0 Å². The van der Waals surface area contributed by atoms with Gasteiger partial charge in [-0.1, -0.05) is 42.5 Å². The zero-order valence-electron chi connectivity index (χ0n) is 21.3. The van der Waals surface area contributed by atoms with E-state index in [4.69, 9.17) is 11.0 Å². The lowest BCUT2D eigenvalue weighted by molar-refractivity contribution is 0.0950. The maximum Gasteiger partial charge on any atom is 0.251 e. The zero-order chi connectivity index (χ0) is 27.1. The molecule has 0 spiro atoms. The Morgan fingerprint density at radius 2 is 1.79 bits per heavy atom. The standard InChI is InChI=1S/C30H28N6O2/c1-20-13-23(7-9-27(20)29(32)33-2)17-35-30(38)25-11-12-34-26(15-25)14-21-3-5-22(6-4-21)18-36-19-24(16-31)8-10-28(36)37/h3-13,15,19H,14,17-18H2,1-2H3,(H2,32,33)(H,35,38). The van der Waals surface area contributed by atoms with Crippen molar-refractivity contribution in [3.63, 3.8) is 0 Å². The molecule has 38 heavy (non-hydrogen) atoms. The lowest BCUT2D eigenvalue weighted by Crippen LogP contribution is -2.23. The largest absolute Gasteiger partial charge is 0.384 e. The Labute approximate surface area is 221 Å². The van der Waals surface area contributed by atoms with Crippen LogP contribution in [0.15, 0.2) is 88.9 Å². The van der Waals surface area contributed by atoms with Gasteiger partial charge in [-0.3, -0.25) is 19.6 Å². The first-order valence-corrected chi connectivity index (χ1v) is 12.1. The number of amides is 1. The van der Waals surface area contributed by atoms with E-state index in [1.54, 1.807) is 31.6 Å². The molecule has 0 aliphatic heterocycles. The molecule has 3 N–H and O–H groups in total. The van der Waals surface area contributed by atoms with Crippen LogP contribution in [-0.2, 0) is 19.5 Å². The number of nitrogens with one attached hydrogen (secondary N) is 1. The average Bonchev–Trinajstić information content (AvgIpc) is 2.93. The summed E-state index contributed by atoms with van der Waals surface area (Å²) in [6.45, 7) is 2.74. The molecule has 2 aromatic carbocycles. The minimum Gasteiger partial charge on any atom is -0.384 e. The summed E-state index contributed by atoms with van der Waals surface area (Å²) in [5, 5.41) is 12.0. The SMILES string of the molecule is CN=C(N)c1ccc(CNC(=O)c2ccnc(Cc3ccc(Cn4cc(C#N)ccc4=O)cc3)c2)cc1C. The number of carbonyl (C=O) groups excluding carboxylic acids is 1. The predicted molar refractivity (Wildman–Crippen MR) is 147 cm³/mol. The number of carbonyl (C=O) groups is 1. The fourth-order valence-electron chi connectivity index (χ4n) is 4.13. The number of nitrogens with zero attached hydrogens (tertiary/aromatic N) is 4. The second-order valence-corrected chi connectivity index (χ2v) is 8.97. The molecule has 0 unspecified atom stereocenters. The van der Waals surface area contributed by atoms with Gasteiger partial charge in [0.1, 0.15) is 11.9 Å². The normalized spacial score (nSPS) is 11.1. The molecule has 8 heteroatoms. The summed E-state index contributed by atoms with van der Waals surface area (Å²) >= 11 is 0. The lowest BCUT2D eigenvalue weighted by Gasteiger charge is -2.10. The van der Waals surface area contributed by atoms with Crippen molar-refractivity contribution >= 4 is 11.7 Å². The number of aromatic nitrogens is 2. The zero-order valence-corrected chi connectivity index (χ0v) is 21.3. The Kier molecular flexibility index (Phi) is 8.09. The minimum atomic E-state index is -0.176. The molecule has 0 saturated heterocycles. The number of hydrogen-bond donors (Lipinski definition) is 2. The Morgan fingerprint density at radius 1 is 1.05 bits per heavy atom. The molecule has 0 radical (unpaired) electrons. The van der Waals surface area contributed by atoms with E-state index < -0.39 is 0 Å². The van der Waals surface area contributed by atoms with Crippen molar-refractivity contribution in [3.8, 4) is 6.07 Å². The van der Waals surface area contributed by atoms with Crippen LogP contribution in [-0.4, -0.2) is 28.3 Å². The van der Waals surface area contributed by atoms with Crippen molar-refractivity contribution in [2.45, 2.75) is 26.4 Å². The monoisotopic (exact) mass is 504 g/mol. The van der Waals surface area contributed by atoms with Crippen LogP contribution < -0.4 is 16.6 Å². The Bertz CT molecular complexity index is 1600. The lowest BCUT2D eigenvalue weighted by atomic mass is 10.0. The number of aliphatic imine (C=N–C) groups is 1. The highest BCUT2D eigenvalue weighted by atomic mass is 16.1. The Balaban J connectivity index is 1.38. The molecule has 2 heterocycles. The molecular formula is C30H28N6O2. The molecule has 190 valence electrons.